The molecular formula is C21H23FN8O2. The second kappa shape index (κ2) is 8.79. The van der Waals surface area contributed by atoms with Crippen molar-refractivity contribution in [3.63, 3.8) is 0 Å². The second-order valence-electron chi connectivity index (χ2n) is 7.56. The summed E-state index contributed by atoms with van der Waals surface area (Å²) in [5, 5.41) is 7.45. The molecule has 0 amide bonds. The fraction of sp³-hybridized carbons (Fsp3) is 0.333. The van der Waals surface area contributed by atoms with Gasteiger partial charge in [-0.1, -0.05) is 12.1 Å². The molecule has 1 aliphatic heterocycles. The Morgan fingerprint density at radius 1 is 1.16 bits per heavy atom. The van der Waals surface area contributed by atoms with Crippen LogP contribution >= 0.6 is 0 Å². The van der Waals surface area contributed by atoms with Crippen molar-refractivity contribution < 1.29 is 13.5 Å². The molecule has 11 heteroatoms. The Kier molecular flexibility index (Phi) is 5.55. The van der Waals surface area contributed by atoms with E-state index in [2.05, 4.69) is 25.4 Å². The maximum Gasteiger partial charge on any atom is 0.259 e. The summed E-state index contributed by atoms with van der Waals surface area (Å²) in [5.74, 6) is 2.64. The smallest absolute Gasteiger partial charge is 0.259 e. The Morgan fingerprint density at radius 3 is 2.75 bits per heavy atom. The molecule has 0 unspecified atom stereocenters. The lowest BCUT2D eigenvalue weighted by Crippen LogP contribution is -2.49. The molecule has 1 aliphatic rings. The molecule has 0 bridgehead atoms. The number of ether oxygens (including phenoxy) is 1. The van der Waals surface area contributed by atoms with Gasteiger partial charge in [-0.05, 0) is 36.2 Å². The van der Waals surface area contributed by atoms with Gasteiger partial charge < -0.3 is 20.2 Å². The number of alkyl halides is 1. The minimum atomic E-state index is -0.679. The van der Waals surface area contributed by atoms with Gasteiger partial charge in [0, 0.05) is 26.2 Å². The first-order chi connectivity index (χ1) is 15.6. The van der Waals surface area contributed by atoms with Crippen molar-refractivity contribution in [1.82, 2.24) is 29.5 Å². The number of likely N-dealkylation sites (tertiary alicyclic amines) is 1. The van der Waals surface area contributed by atoms with Crippen molar-refractivity contribution in [3.8, 4) is 17.3 Å². The monoisotopic (exact) mass is 438 g/mol. The average molecular weight is 438 g/mol. The molecule has 0 aliphatic carbocycles. The number of hydrogen-bond donors (Lipinski definition) is 2. The molecule has 0 radical (unpaired) electrons. The van der Waals surface area contributed by atoms with Crippen molar-refractivity contribution in [1.29, 1.82) is 0 Å². The number of hydrogen-bond acceptors (Lipinski definition) is 9. The van der Waals surface area contributed by atoms with E-state index in [1.54, 1.807) is 18.4 Å². The standard InChI is InChI=1S/C21H23FN8O2/c22-15-12-29(13-15)9-11-31-16-5-3-14(4-6-16)7-8-24-20-26-19(23)30-21(27-20)25-18(28-30)17-2-1-10-32-17/h1-6,10,15H,7-9,11-13H2,(H3,23,24,25,26,27,28). The molecule has 0 saturated carbocycles. The van der Waals surface area contributed by atoms with E-state index in [1.165, 1.54) is 4.52 Å². The Bertz CT molecular complexity index is 1170. The molecule has 10 nitrogen and oxygen atoms in total. The topological polar surface area (TPSA) is 120 Å². The van der Waals surface area contributed by atoms with Crippen molar-refractivity contribution in [2.75, 3.05) is 43.8 Å². The van der Waals surface area contributed by atoms with E-state index < -0.39 is 6.17 Å². The number of rotatable bonds is 9. The van der Waals surface area contributed by atoms with E-state index >= 15 is 0 Å². The van der Waals surface area contributed by atoms with Crippen LogP contribution in [0.4, 0.5) is 16.3 Å². The summed E-state index contributed by atoms with van der Waals surface area (Å²) in [6.07, 6.45) is 1.64. The quantitative estimate of drug-likeness (QED) is 0.404. The van der Waals surface area contributed by atoms with Gasteiger partial charge in [-0.2, -0.15) is 19.5 Å². The van der Waals surface area contributed by atoms with Gasteiger partial charge in [0.05, 0.1) is 6.26 Å². The first-order valence-electron chi connectivity index (χ1n) is 10.4. The third-order valence-electron chi connectivity index (χ3n) is 5.18. The van der Waals surface area contributed by atoms with E-state index in [0.717, 1.165) is 24.3 Å². The van der Waals surface area contributed by atoms with Gasteiger partial charge in [0.15, 0.2) is 5.76 Å². The minimum absolute atomic E-state index is 0.185. The molecular weight excluding hydrogens is 415 g/mol. The molecule has 0 spiro atoms. The van der Waals surface area contributed by atoms with Crippen LogP contribution in [0.3, 0.4) is 0 Å². The van der Waals surface area contributed by atoms with E-state index in [0.29, 0.717) is 49.6 Å². The molecule has 0 atom stereocenters. The normalized spacial score (nSPS) is 14.5. The van der Waals surface area contributed by atoms with E-state index in [9.17, 15) is 4.39 Å². The van der Waals surface area contributed by atoms with Gasteiger partial charge in [-0.25, -0.2) is 4.39 Å². The van der Waals surface area contributed by atoms with Crippen LogP contribution in [0.1, 0.15) is 5.56 Å². The number of furan rings is 1. The molecule has 166 valence electrons. The number of anilines is 2. The maximum atomic E-state index is 12.8. The first-order valence-corrected chi connectivity index (χ1v) is 10.4. The molecule has 5 rings (SSSR count). The summed E-state index contributed by atoms with van der Waals surface area (Å²) in [7, 11) is 0. The van der Waals surface area contributed by atoms with Crippen LogP contribution in [0.2, 0.25) is 0 Å². The van der Waals surface area contributed by atoms with E-state index in [1.807, 2.05) is 29.2 Å². The SMILES string of the molecule is Nc1nc(NCCc2ccc(OCCN3CC(F)C3)cc2)nc2nc(-c3ccco3)nn12. The highest BCUT2D eigenvalue weighted by atomic mass is 19.1. The molecule has 3 aromatic heterocycles. The Hall–Kier alpha value is -3.73. The lowest BCUT2D eigenvalue weighted by atomic mass is 10.1. The van der Waals surface area contributed by atoms with Gasteiger partial charge in [0.2, 0.25) is 17.7 Å². The average Bonchev–Trinajstić information content (AvgIpc) is 3.43. The summed E-state index contributed by atoms with van der Waals surface area (Å²) in [4.78, 5) is 15.0. The van der Waals surface area contributed by atoms with Crippen LogP contribution in [0.25, 0.3) is 17.4 Å². The lowest BCUT2D eigenvalue weighted by molar-refractivity contribution is 0.0539. The van der Waals surface area contributed by atoms with Crippen LogP contribution in [0.15, 0.2) is 47.1 Å². The van der Waals surface area contributed by atoms with Crippen molar-refractivity contribution in [2.24, 2.45) is 0 Å². The van der Waals surface area contributed by atoms with Crippen LogP contribution in [-0.4, -0.2) is 68.4 Å². The number of nitrogen functional groups attached to an aromatic ring is 1. The molecule has 3 N–H and O–H groups in total. The fourth-order valence-corrected chi connectivity index (χ4v) is 3.45. The number of nitrogens with zero attached hydrogens (tertiary/aromatic N) is 6. The van der Waals surface area contributed by atoms with E-state index in [-0.39, 0.29) is 5.95 Å². The van der Waals surface area contributed by atoms with Crippen molar-refractivity contribution in [2.45, 2.75) is 12.6 Å². The molecule has 1 saturated heterocycles. The number of nitrogens with two attached hydrogens (primary N) is 1. The molecule has 4 aromatic rings. The summed E-state index contributed by atoms with van der Waals surface area (Å²) < 4.78 is 25.2. The minimum Gasteiger partial charge on any atom is -0.492 e. The Balaban J connectivity index is 1.13. The summed E-state index contributed by atoms with van der Waals surface area (Å²) in [6, 6.07) is 11.4. The zero-order valence-electron chi connectivity index (χ0n) is 17.3. The predicted octanol–water partition coefficient (Wildman–Crippen LogP) is 2.05. The number of halogens is 1. The first kappa shape index (κ1) is 20.2. The summed E-state index contributed by atoms with van der Waals surface area (Å²) >= 11 is 0. The van der Waals surface area contributed by atoms with Gasteiger partial charge in [0.1, 0.15) is 18.5 Å². The fourth-order valence-electron chi connectivity index (χ4n) is 3.45. The number of benzene rings is 1. The maximum absolute atomic E-state index is 12.8. The zero-order chi connectivity index (χ0) is 21.9. The highest BCUT2D eigenvalue weighted by molar-refractivity contribution is 5.52. The predicted molar refractivity (Wildman–Crippen MR) is 116 cm³/mol. The van der Waals surface area contributed by atoms with Crippen molar-refractivity contribution in [3.05, 3.63) is 48.2 Å². The van der Waals surface area contributed by atoms with Crippen LogP contribution in [0, 0.1) is 0 Å². The summed E-state index contributed by atoms with van der Waals surface area (Å²) in [5.41, 5.74) is 7.15. The third kappa shape index (κ3) is 4.47. The Morgan fingerprint density at radius 2 is 2.00 bits per heavy atom. The van der Waals surface area contributed by atoms with Crippen LogP contribution in [-0.2, 0) is 6.42 Å². The zero-order valence-corrected chi connectivity index (χ0v) is 17.3. The highest BCUT2D eigenvalue weighted by Gasteiger charge is 2.25. The third-order valence-corrected chi connectivity index (χ3v) is 5.18. The van der Waals surface area contributed by atoms with Crippen molar-refractivity contribution >= 4 is 17.7 Å². The van der Waals surface area contributed by atoms with Gasteiger partial charge in [-0.15, -0.1) is 5.10 Å². The molecule has 4 heterocycles. The second-order valence-corrected chi connectivity index (χ2v) is 7.56. The molecule has 32 heavy (non-hydrogen) atoms. The summed E-state index contributed by atoms with van der Waals surface area (Å²) in [6.45, 7) is 2.95. The largest absolute Gasteiger partial charge is 0.492 e. The van der Waals surface area contributed by atoms with Gasteiger partial charge >= 0.3 is 0 Å². The number of nitrogens with one attached hydrogen (secondary N) is 1. The van der Waals surface area contributed by atoms with Gasteiger partial charge in [-0.3, -0.25) is 4.90 Å². The van der Waals surface area contributed by atoms with Crippen LogP contribution < -0.4 is 15.8 Å². The van der Waals surface area contributed by atoms with Crippen LogP contribution in [0.5, 0.6) is 5.75 Å². The highest BCUT2D eigenvalue weighted by Crippen LogP contribution is 2.18. The van der Waals surface area contributed by atoms with Gasteiger partial charge in [0.25, 0.3) is 5.78 Å². The van der Waals surface area contributed by atoms with E-state index in [4.69, 9.17) is 14.9 Å². The number of fused-ring (bicyclic) bond motifs is 1. The number of aromatic nitrogens is 5. The molecule has 1 aromatic carbocycles. The Labute approximate surface area is 183 Å². The molecule has 1 fully saturated rings. The lowest BCUT2D eigenvalue weighted by Gasteiger charge is -2.33.